The molecule has 0 fully saturated rings. The van der Waals surface area contributed by atoms with Crippen LogP contribution in [0.15, 0.2) is 178 Å². The zero-order valence-corrected chi connectivity index (χ0v) is 33.4. The summed E-state index contributed by atoms with van der Waals surface area (Å²) in [5.41, 5.74) is 7.37. The summed E-state index contributed by atoms with van der Waals surface area (Å²) >= 11 is 0. The van der Waals surface area contributed by atoms with Crippen LogP contribution in [-0.2, 0) is 30.4 Å². The second kappa shape index (κ2) is 15.7. The molecule has 12 heteroatoms. The van der Waals surface area contributed by atoms with Gasteiger partial charge in [-0.05, 0) is 145 Å². The zero-order chi connectivity index (χ0) is 40.4. The summed E-state index contributed by atoms with van der Waals surface area (Å²) in [4.78, 5) is 0.133. The Morgan fingerprint density at radius 2 is 0.491 bits per heavy atom. The van der Waals surface area contributed by atoms with Crippen molar-refractivity contribution in [2.24, 2.45) is 0 Å². The van der Waals surface area contributed by atoms with Crippen LogP contribution in [0.5, 0.6) is 17.2 Å². The smallest absolute Gasteiger partial charge is 0.339 e. The van der Waals surface area contributed by atoms with Crippen molar-refractivity contribution in [1.29, 1.82) is 0 Å². The second-order valence-electron chi connectivity index (χ2n) is 13.4. The summed E-state index contributed by atoms with van der Waals surface area (Å²) in [6.45, 7) is 5.60. The molecule has 0 aliphatic heterocycles. The highest BCUT2D eigenvalue weighted by atomic mass is 32.2. The fourth-order valence-corrected chi connectivity index (χ4v) is 8.67. The Morgan fingerprint density at radius 3 is 0.702 bits per heavy atom. The molecule has 7 aromatic carbocycles. The molecule has 288 valence electrons. The third kappa shape index (κ3) is 9.26. The summed E-state index contributed by atoms with van der Waals surface area (Å²) in [6, 6.07) is 45.0. The number of rotatable bonds is 12. The first-order chi connectivity index (χ1) is 27.1. The highest BCUT2D eigenvalue weighted by Gasteiger charge is 2.19. The minimum atomic E-state index is -4.05. The predicted octanol–water partition coefficient (Wildman–Crippen LogP) is 9.92. The highest BCUT2D eigenvalue weighted by Crippen LogP contribution is 2.36. The maximum absolute atomic E-state index is 12.9. The number of aryl methyl sites for hydroxylation is 3. The Hall–Kier alpha value is -6.21. The van der Waals surface area contributed by atoms with E-state index in [0.717, 1.165) is 50.1 Å². The molecule has 57 heavy (non-hydrogen) atoms. The van der Waals surface area contributed by atoms with Crippen molar-refractivity contribution in [3.05, 3.63) is 180 Å². The van der Waals surface area contributed by atoms with E-state index in [9.17, 15) is 25.3 Å². The molecule has 0 amide bonds. The lowest BCUT2D eigenvalue weighted by molar-refractivity contribution is 0.484. The van der Waals surface area contributed by atoms with E-state index in [2.05, 4.69) is 0 Å². The summed E-state index contributed by atoms with van der Waals surface area (Å²) < 4.78 is 93.9. The van der Waals surface area contributed by atoms with Crippen LogP contribution >= 0.6 is 0 Å². The van der Waals surface area contributed by atoms with Gasteiger partial charge >= 0.3 is 30.4 Å². The molecule has 0 bridgehead atoms. The summed E-state index contributed by atoms with van der Waals surface area (Å²) in [5.74, 6) is 0.425. The Balaban J connectivity index is 1.20. The Bertz CT molecular complexity index is 2540. The van der Waals surface area contributed by atoms with Crippen molar-refractivity contribution < 1.29 is 37.8 Å². The van der Waals surface area contributed by atoms with E-state index in [-0.39, 0.29) is 31.9 Å². The van der Waals surface area contributed by atoms with Crippen molar-refractivity contribution in [2.75, 3.05) is 0 Å². The van der Waals surface area contributed by atoms with E-state index in [0.29, 0.717) is 0 Å². The molecule has 0 spiro atoms. The first kappa shape index (κ1) is 39.0. The van der Waals surface area contributed by atoms with Crippen LogP contribution in [0.1, 0.15) is 16.7 Å². The molecule has 9 nitrogen and oxygen atoms in total. The molecule has 0 N–H and O–H groups in total. The lowest BCUT2D eigenvalue weighted by atomic mass is 9.93. The average molecular weight is 817 g/mol. The molecule has 0 heterocycles. The first-order valence-corrected chi connectivity index (χ1v) is 21.9. The van der Waals surface area contributed by atoms with Gasteiger partial charge in [-0.2, -0.15) is 25.3 Å². The Kier molecular flexibility index (Phi) is 10.8. The minimum absolute atomic E-state index is 0.0443. The molecule has 0 unspecified atom stereocenters. The number of benzene rings is 7. The van der Waals surface area contributed by atoms with Crippen LogP contribution in [0.4, 0.5) is 0 Å². The van der Waals surface area contributed by atoms with E-state index >= 15 is 0 Å². The quantitative estimate of drug-likeness (QED) is 0.111. The van der Waals surface area contributed by atoms with E-state index in [4.69, 9.17) is 12.5 Å². The van der Waals surface area contributed by atoms with Crippen molar-refractivity contribution in [2.45, 2.75) is 35.5 Å². The van der Waals surface area contributed by atoms with Crippen molar-refractivity contribution in [1.82, 2.24) is 0 Å². The molecule has 0 radical (unpaired) electrons. The maximum atomic E-state index is 12.9. The molecule has 0 saturated heterocycles. The van der Waals surface area contributed by atoms with Crippen LogP contribution in [0.25, 0.3) is 33.4 Å². The van der Waals surface area contributed by atoms with Gasteiger partial charge in [0.25, 0.3) is 0 Å². The fraction of sp³-hybridized carbons (Fsp3) is 0.0667. The number of hydrogen-bond acceptors (Lipinski definition) is 9. The van der Waals surface area contributed by atoms with Gasteiger partial charge in [0.15, 0.2) is 0 Å². The maximum Gasteiger partial charge on any atom is 0.339 e. The molecule has 7 aromatic rings. The van der Waals surface area contributed by atoms with Gasteiger partial charge in [0.2, 0.25) is 0 Å². The normalized spacial score (nSPS) is 11.8. The molecule has 0 aliphatic carbocycles. The van der Waals surface area contributed by atoms with Crippen LogP contribution in [0.2, 0.25) is 0 Å². The summed E-state index contributed by atoms with van der Waals surface area (Å²) in [5, 5.41) is 0. The fourth-order valence-electron chi connectivity index (χ4n) is 5.88. The summed E-state index contributed by atoms with van der Waals surface area (Å²) in [6.07, 6.45) is 0. The molecule has 0 saturated carbocycles. The third-order valence-electron chi connectivity index (χ3n) is 9.04. The zero-order valence-electron chi connectivity index (χ0n) is 31.0. The van der Waals surface area contributed by atoms with Gasteiger partial charge < -0.3 is 12.5 Å². The second-order valence-corrected chi connectivity index (χ2v) is 18.1. The molecule has 7 rings (SSSR count). The monoisotopic (exact) mass is 816 g/mol. The average Bonchev–Trinajstić information content (AvgIpc) is 3.19. The van der Waals surface area contributed by atoms with Crippen molar-refractivity contribution >= 4 is 30.4 Å². The number of hydrogen-bond donors (Lipinski definition) is 0. The van der Waals surface area contributed by atoms with Gasteiger partial charge in [-0.1, -0.05) is 89.5 Å². The molecule has 0 aromatic heterocycles. The molecular weight excluding hydrogens is 781 g/mol. The van der Waals surface area contributed by atoms with E-state index in [1.807, 2.05) is 39.0 Å². The van der Waals surface area contributed by atoms with Gasteiger partial charge in [-0.25, -0.2) is 0 Å². The lowest BCUT2D eigenvalue weighted by Crippen LogP contribution is -2.09. The van der Waals surface area contributed by atoms with Gasteiger partial charge in [0.1, 0.15) is 31.9 Å². The largest absolute Gasteiger partial charge is 0.379 e. The first-order valence-electron chi connectivity index (χ1n) is 17.6. The molecular formula is C45H36O9S3. The highest BCUT2D eigenvalue weighted by molar-refractivity contribution is 7.87. The van der Waals surface area contributed by atoms with E-state index in [1.54, 1.807) is 109 Å². The van der Waals surface area contributed by atoms with Gasteiger partial charge in [-0.3, -0.25) is 0 Å². The standard InChI is InChI=1S/C45H36O9S3/c1-31-4-22-43(23-5-31)55(46,47)52-40-16-10-34(11-17-40)37-28-38(35-12-18-41(19-13-35)53-56(48,49)44-24-6-32(2)7-25-44)30-39(29-37)36-14-20-42(21-15-36)54-57(50,51)45-26-8-33(3)9-27-45/h4-30H,1-3H3. The molecule has 0 aliphatic rings. The van der Waals surface area contributed by atoms with Crippen molar-refractivity contribution in [3.8, 4) is 50.6 Å². The van der Waals surface area contributed by atoms with Gasteiger partial charge in [-0.15, -0.1) is 0 Å². The van der Waals surface area contributed by atoms with E-state index < -0.39 is 30.4 Å². The predicted molar refractivity (Wildman–Crippen MR) is 220 cm³/mol. The van der Waals surface area contributed by atoms with Crippen LogP contribution in [0, 0.1) is 20.8 Å². The van der Waals surface area contributed by atoms with Gasteiger partial charge in [0, 0.05) is 0 Å². The third-order valence-corrected chi connectivity index (χ3v) is 12.8. The topological polar surface area (TPSA) is 130 Å². The van der Waals surface area contributed by atoms with Crippen LogP contribution < -0.4 is 12.5 Å². The SMILES string of the molecule is Cc1ccc(S(=O)(=O)Oc2ccc(-c3cc(-c4ccc(OS(=O)(=O)c5ccc(C)cc5)cc4)cc(-c4ccc(OS(=O)(=O)c5ccc(C)cc5)cc4)c3)cc2)cc1. The summed E-state index contributed by atoms with van der Waals surface area (Å²) in [7, 11) is -12.2. The molecule has 0 atom stereocenters. The van der Waals surface area contributed by atoms with Crippen LogP contribution in [0.3, 0.4) is 0 Å². The van der Waals surface area contributed by atoms with Gasteiger partial charge in [0.05, 0.1) is 0 Å². The lowest BCUT2D eigenvalue weighted by Gasteiger charge is -2.13. The minimum Gasteiger partial charge on any atom is -0.379 e. The van der Waals surface area contributed by atoms with E-state index in [1.165, 1.54) is 36.4 Å². The van der Waals surface area contributed by atoms with Crippen molar-refractivity contribution in [3.63, 3.8) is 0 Å². The van der Waals surface area contributed by atoms with Crippen LogP contribution in [-0.4, -0.2) is 25.3 Å². The Labute approximate surface area is 333 Å². The Morgan fingerprint density at radius 1 is 0.281 bits per heavy atom.